The van der Waals surface area contributed by atoms with Crippen molar-refractivity contribution in [2.45, 2.75) is 13.5 Å². The monoisotopic (exact) mass is 516 g/mol. The lowest BCUT2D eigenvalue weighted by Gasteiger charge is -2.13. The molecule has 0 aliphatic carbocycles. The van der Waals surface area contributed by atoms with Crippen molar-refractivity contribution in [2.24, 2.45) is 5.16 Å². The predicted octanol–water partition coefficient (Wildman–Crippen LogP) is 5.99. The van der Waals surface area contributed by atoms with Crippen molar-refractivity contribution in [1.29, 1.82) is 0 Å². The summed E-state index contributed by atoms with van der Waals surface area (Å²) in [5.74, 6) is 0.806. The fraction of sp³-hybridized carbons (Fsp3) is 0.167. The third-order valence-electron chi connectivity index (χ3n) is 4.36. The Labute approximate surface area is 200 Å². The van der Waals surface area contributed by atoms with Gasteiger partial charge in [-0.2, -0.15) is 0 Å². The first-order valence-corrected chi connectivity index (χ1v) is 10.9. The molecule has 1 amide bonds. The molecule has 0 fully saturated rings. The van der Waals surface area contributed by atoms with E-state index in [0.717, 1.165) is 11.1 Å². The van der Waals surface area contributed by atoms with Crippen molar-refractivity contribution in [3.63, 3.8) is 0 Å². The summed E-state index contributed by atoms with van der Waals surface area (Å²) in [6, 6.07) is 18.5. The van der Waals surface area contributed by atoms with Crippen LogP contribution in [0, 0.1) is 6.92 Å². The number of benzene rings is 3. The second-order valence-electron chi connectivity index (χ2n) is 6.87. The number of nitrogens with one attached hydrogen (secondary N) is 1. The van der Waals surface area contributed by atoms with E-state index in [4.69, 9.17) is 25.9 Å². The van der Waals surface area contributed by atoms with Crippen LogP contribution in [0.15, 0.2) is 70.3 Å². The summed E-state index contributed by atoms with van der Waals surface area (Å²) in [5, 5.41) is 7.29. The number of halogens is 2. The summed E-state index contributed by atoms with van der Waals surface area (Å²) in [5.41, 5.74) is 3.51. The maximum absolute atomic E-state index is 12.0. The SMILES string of the molecule is COc1cc(/C=N/OCC(=O)Nc2ccc(C)cc2)cc(Br)c1OCc1ccc(Cl)cc1. The van der Waals surface area contributed by atoms with E-state index in [1.807, 2.05) is 61.5 Å². The lowest BCUT2D eigenvalue weighted by atomic mass is 10.2. The second kappa shape index (κ2) is 11.5. The van der Waals surface area contributed by atoms with Crippen LogP contribution in [0.5, 0.6) is 11.5 Å². The molecule has 1 N–H and O–H groups in total. The number of carbonyl (C=O) groups is 1. The zero-order valence-electron chi connectivity index (χ0n) is 17.6. The van der Waals surface area contributed by atoms with Gasteiger partial charge in [0, 0.05) is 16.3 Å². The minimum atomic E-state index is -0.296. The highest BCUT2D eigenvalue weighted by Gasteiger charge is 2.12. The van der Waals surface area contributed by atoms with E-state index in [9.17, 15) is 4.79 Å². The number of nitrogens with zero attached hydrogens (tertiary/aromatic N) is 1. The van der Waals surface area contributed by atoms with Gasteiger partial charge < -0.3 is 19.6 Å². The Kier molecular flexibility index (Phi) is 8.53. The molecular formula is C24H22BrClN2O4. The molecular weight excluding hydrogens is 496 g/mol. The summed E-state index contributed by atoms with van der Waals surface area (Å²) < 4.78 is 12.1. The summed E-state index contributed by atoms with van der Waals surface area (Å²) in [7, 11) is 1.56. The second-order valence-corrected chi connectivity index (χ2v) is 8.16. The van der Waals surface area contributed by atoms with E-state index < -0.39 is 0 Å². The zero-order valence-corrected chi connectivity index (χ0v) is 19.9. The molecule has 0 heterocycles. The maximum atomic E-state index is 12.0. The van der Waals surface area contributed by atoms with Crippen molar-refractivity contribution >= 4 is 45.3 Å². The molecule has 0 aromatic heterocycles. The van der Waals surface area contributed by atoms with E-state index in [1.54, 1.807) is 13.2 Å². The average Bonchev–Trinajstić information content (AvgIpc) is 2.78. The van der Waals surface area contributed by atoms with E-state index in [0.29, 0.717) is 38.9 Å². The number of oxime groups is 1. The number of anilines is 1. The summed E-state index contributed by atoms with van der Waals surface area (Å²) in [4.78, 5) is 17.1. The average molecular weight is 518 g/mol. The molecule has 0 saturated heterocycles. The van der Waals surface area contributed by atoms with Crippen molar-refractivity contribution in [3.8, 4) is 11.5 Å². The molecule has 0 aliphatic rings. The Morgan fingerprint density at radius 2 is 1.84 bits per heavy atom. The van der Waals surface area contributed by atoms with Crippen LogP contribution in [0.3, 0.4) is 0 Å². The quantitative estimate of drug-likeness (QED) is 0.280. The topological polar surface area (TPSA) is 69.2 Å². The number of rotatable bonds is 9. The molecule has 0 bridgehead atoms. The van der Waals surface area contributed by atoms with Crippen LogP contribution >= 0.6 is 27.5 Å². The number of hydrogen-bond acceptors (Lipinski definition) is 5. The predicted molar refractivity (Wildman–Crippen MR) is 130 cm³/mol. The van der Waals surface area contributed by atoms with Gasteiger partial charge in [0.1, 0.15) is 6.61 Å². The van der Waals surface area contributed by atoms with Gasteiger partial charge in [0.2, 0.25) is 0 Å². The Morgan fingerprint density at radius 1 is 1.12 bits per heavy atom. The van der Waals surface area contributed by atoms with Crippen LogP contribution in [0.4, 0.5) is 5.69 Å². The van der Waals surface area contributed by atoms with E-state index in [2.05, 4.69) is 26.4 Å². The van der Waals surface area contributed by atoms with Gasteiger partial charge in [-0.1, -0.05) is 46.6 Å². The normalized spacial score (nSPS) is 10.8. The summed E-state index contributed by atoms with van der Waals surface area (Å²) in [6.07, 6.45) is 1.50. The number of methoxy groups -OCH3 is 1. The molecule has 0 aliphatic heterocycles. The van der Waals surface area contributed by atoms with Crippen molar-refractivity contribution in [1.82, 2.24) is 0 Å². The largest absolute Gasteiger partial charge is 0.493 e. The van der Waals surface area contributed by atoms with Gasteiger partial charge >= 0.3 is 0 Å². The summed E-state index contributed by atoms with van der Waals surface area (Å²) >= 11 is 9.42. The molecule has 6 nitrogen and oxygen atoms in total. The Bertz CT molecular complexity index is 1090. The standard InChI is InChI=1S/C24H22BrClN2O4/c1-16-3-9-20(10-4-16)28-23(29)15-32-27-13-18-11-21(25)24(22(12-18)30-2)31-14-17-5-7-19(26)8-6-17/h3-13H,14-15H2,1-2H3,(H,28,29)/b27-13+. The van der Waals surface area contributed by atoms with Gasteiger partial charge in [-0.15, -0.1) is 0 Å². The Morgan fingerprint density at radius 3 is 2.53 bits per heavy atom. The van der Waals surface area contributed by atoms with Crippen LogP contribution in [-0.2, 0) is 16.2 Å². The van der Waals surface area contributed by atoms with Gasteiger partial charge in [-0.05, 0) is 64.8 Å². The lowest BCUT2D eigenvalue weighted by molar-refractivity contribution is -0.120. The number of ether oxygens (including phenoxy) is 2. The molecule has 8 heteroatoms. The highest BCUT2D eigenvalue weighted by atomic mass is 79.9. The van der Waals surface area contributed by atoms with Crippen molar-refractivity contribution in [3.05, 3.63) is 86.8 Å². The van der Waals surface area contributed by atoms with Gasteiger partial charge in [0.15, 0.2) is 18.1 Å². The van der Waals surface area contributed by atoms with E-state index in [1.165, 1.54) is 6.21 Å². The van der Waals surface area contributed by atoms with Gasteiger partial charge in [-0.25, -0.2) is 0 Å². The Hall–Kier alpha value is -3.03. The van der Waals surface area contributed by atoms with E-state index in [-0.39, 0.29) is 12.5 Å². The lowest BCUT2D eigenvalue weighted by Crippen LogP contribution is -2.16. The minimum absolute atomic E-state index is 0.203. The van der Waals surface area contributed by atoms with Crippen LogP contribution in [0.2, 0.25) is 5.02 Å². The maximum Gasteiger partial charge on any atom is 0.265 e. The zero-order chi connectivity index (χ0) is 22.9. The number of aryl methyl sites for hydroxylation is 1. The molecule has 0 spiro atoms. The molecule has 0 saturated carbocycles. The number of carbonyl (C=O) groups excluding carboxylic acids is 1. The highest BCUT2D eigenvalue weighted by Crippen LogP contribution is 2.37. The molecule has 3 aromatic rings. The number of amides is 1. The molecule has 3 rings (SSSR count). The van der Waals surface area contributed by atoms with Crippen LogP contribution in [0.1, 0.15) is 16.7 Å². The molecule has 0 unspecified atom stereocenters. The summed E-state index contributed by atoms with van der Waals surface area (Å²) in [6.45, 7) is 2.14. The molecule has 0 radical (unpaired) electrons. The van der Waals surface area contributed by atoms with E-state index >= 15 is 0 Å². The van der Waals surface area contributed by atoms with Gasteiger partial charge in [0.25, 0.3) is 5.91 Å². The molecule has 166 valence electrons. The van der Waals surface area contributed by atoms with Crippen LogP contribution in [-0.4, -0.2) is 25.8 Å². The van der Waals surface area contributed by atoms with Crippen LogP contribution < -0.4 is 14.8 Å². The molecule has 0 atom stereocenters. The smallest absolute Gasteiger partial charge is 0.265 e. The fourth-order valence-corrected chi connectivity index (χ4v) is 3.42. The third-order valence-corrected chi connectivity index (χ3v) is 5.20. The highest BCUT2D eigenvalue weighted by molar-refractivity contribution is 9.10. The van der Waals surface area contributed by atoms with Gasteiger partial charge in [-0.3, -0.25) is 4.79 Å². The van der Waals surface area contributed by atoms with Crippen molar-refractivity contribution < 1.29 is 19.1 Å². The molecule has 3 aromatic carbocycles. The molecule has 32 heavy (non-hydrogen) atoms. The van der Waals surface area contributed by atoms with Crippen LogP contribution in [0.25, 0.3) is 0 Å². The third kappa shape index (κ3) is 7.00. The minimum Gasteiger partial charge on any atom is -0.493 e. The first-order valence-electron chi connectivity index (χ1n) is 9.71. The van der Waals surface area contributed by atoms with Gasteiger partial charge in [0.05, 0.1) is 17.8 Å². The Balaban J connectivity index is 1.56. The first kappa shape index (κ1) is 23.6. The first-order chi connectivity index (χ1) is 15.4. The number of hydrogen-bond donors (Lipinski definition) is 1. The van der Waals surface area contributed by atoms with Crippen molar-refractivity contribution in [2.75, 3.05) is 19.0 Å². The fourth-order valence-electron chi connectivity index (χ4n) is 2.72.